The van der Waals surface area contributed by atoms with Crippen molar-refractivity contribution in [2.24, 2.45) is 5.41 Å². The predicted octanol–water partition coefficient (Wildman–Crippen LogP) is 3.78. The minimum Gasteiger partial charge on any atom is -0.507 e. The Kier molecular flexibility index (Phi) is 3.75. The summed E-state index contributed by atoms with van der Waals surface area (Å²) in [5.74, 6) is -0.379. The lowest BCUT2D eigenvalue weighted by atomic mass is 9.67. The minimum absolute atomic E-state index is 0.0371. The molecule has 3 rings (SSSR count). The molecule has 1 saturated carbocycles. The monoisotopic (exact) mass is 316 g/mol. The van der Waals surface area contributed by atoms with Crippen LogP contribution in [0.25, 0.3) is 5.57 Å². The number of benzene rings is 1. The third-order valence-electron chi connectivity index (χ3n) is 5.01. The van der Waals surface area contributed by atoms with Crippen LogP contribution in [0.5, 0.6) is 0 Å². The summed E-state index contributed by atoms with van der Waals surface area (Å²) >= 11 is 0. The lowest BCUT2D eigenvalue weighted by molar-refractivity contribution is -0.160. The molecule has 1 N–H and O–H groups in total. The summed E-state index contributed by atoms with van der Waals surface area (Å²) in [6, 6.07) is 7.56. The van der Waals surface area contributed by atoms with Crippen LogP contribution in [-0.4, -0.2) is 29.9 Å². The maximum absolute atomic E-state index is 12.5. The lowest BCUT2D eigenvalue weighted by Gasteiger charge is -2.44. The predicted molar refractivity (Wildman–Crippen MR) is 88.0 cm³/mol. The van der Waals surface area contributed by atoms with Crippen LogP contribution < -0.4 is 0 Å². The second-order valence-corrected chi connectivity index (χ2v) is 7.53. The maximum Gasteiger partial charge on any atom is 0.343 e. The molecule has 2 aliphatic rings. The molecule has 1 spiro atoms. The normalized spacial score (nSPS) is 29.9. The molecule has 4 heteroatoms. The number of aliphatic hydroxyl groups is 1. The average Bonchev–Trinajstić information content (AvgIpc) is 2.68. The fraction of sp³-hybridized carbons (Fsp3) is 0.526. The molecule has 1 aromatic carbocycles. The van der Waals surface area contributed by atoms with Gasteiger partial charge in [-0.1, -0.05) is 38.1 Å². The first-order chi connectivity index (χ1) is 10.8. The topological polar surface area (TPSA) is 55.8 Å². The molecule has 2 atom stereocenters. The van der Waals surface area contributed by atoms with Gasteiger partial charge in [0.1, 0.15) is 5.57 Å². The van der Waals surface area contributed by atoms with Crippen molar-refractivity contribution >= 4 is 11.5 Å². The van der Waals surface area contributed by atoms with E-state index in [0.29, 0.717) is 18.4 Å². The Labute approximate surface area is 137 Å². The van der Waals surface area contributed by atoms with Crippen molar-refractivity contribution in [1.82, 2.24) is 0 Å². The number of hydrogen-bond acceptors (Lipinski definition) is 4. The average molecular weight is 316 g/mol. The van der Waals surface area contributed by atoms with Crippen molar-refractivity contribution in [3.8, 4) is 0 Å². The SMILES string of the molecule is COC1CC(C)(C)CC2(C1)OC(=O)C(c1ccccc1C)=C2O. The van der Waals surface area contributed by atoms with E-state index in [4.69, 9.17) is 9.47 Å². The van der Waals surface area contributed by atoms with Gasteiger partial charge in [-0.3, -0.25) is 0 Å². The van der Waals surface area contributed by atoms with Crippen LogP contribution in [0.15, 0.2) is 30.0 Å². The van der Waals surface area contributed by atoms with Crippen LogP contribution in [0.4, 0.5) is 0 Å². The summed E-state index contributed by atoms with van der Waals surface area (Å²) in [6.45, 7) is 6.16. The lowest BCUT2D eigenvalue weighted by Crippen LogP contribution is -2.47. The summed E-state index contributed by atoms with van der Waals surface area (Å²) < 4.78 is 11.3. The van der Waals surface area contributed by atoms with E-state index in [9.17, 15) is 9.90 Å². The van der Waals surface area contributed by atoms with E-state index in [1.54, 1.807) is 7.11 Å². The number of rotatable bonds is 2. The van der Waals surface area contributed by atoms with Gasteiger partial charge in [-0.2, -0.15) is 0 Å². The molecule has 4 nitrogen and oxygen atoms in total. The third kappa shape index (κ3) is 2.65. The van der Waals surface area contributed by atoms with Crippen LogP contribution in [0.2, 0.25) is 0 Å². The summed E-state index contributed by atoms with van der Waals surface area (Å²) in [5, 5.41) is 10.9. The molecule has 0 aromatic heterocycles. The number of aryl methyl sites for hydroxylation is 1. The Morgan fingerprint density at radius 1 is 1.26 bits per heavy atom. The highest BCUT2D eigenvalue weighted by Gasteiger charge is 2.55. The Morgan fingerprint density at radius 3 is 2.61 bits per heavy atom. The van der Waals surface area contributed by atoms with Gasteiger partial charge in [0, 0.05) is 13.5 Å². The second kappa shape index (κ2) is 5.38. The van der Waals surface area contributed by atoms with E-state index < -0.39 is 11.6 Å². The van der Waals surface area contributed by atoms with Crippen LogP contribution in [0.1, 0.15) is 44.2 Å². The van der Waals surface area contributed by atoms with E-state index in [1.165, 1.54) is 0 Å². The number of aliphatic hydroxyl groups excluding tert-OH is 1. The number of carbonyl (C=O) groups is 1. The van der Waals surface area contributed by atoms with Gasteiger partial charge in [-0.05, 0) is 36.3 Å². The van der Waals surface area contributed by atoms with E-state index in [0.717, 1.165) is 17.5 Å². The summed E-state index contributed by atoms with van der Waals surface area (Å²) in [6.07, 6.45) is 1.95. The van der Waals surface area contributed by atoms with Crippen LogP contribution >= 0.6 is 0 Å². The van der Waals surface area contributed by atoms with Gasteiger partial charge in [-0.15, -0.1) is 0 Å². The highest BCUT2D eigenvalue weighted by molar-refractivity contribution is 6.20. The third-order valence-corrected chi connectivity index (χ3v) is 5.01. The summed E-state index contributed by atoms with van der Waals surface area (Å²) in [7, 11) is 1.67. The number of hydrogen-bond donors (Lipinski definition) is 1. The second-order valence-electron chi connectivity index (χ2n) is 7.53. The first-order valence-electron chi connectivity index (χ1n) is 8.04. The number of esters is 1. The Bertz CT molecular complexity index is 674. The van der Waals surface area contributed by atoms with Crippen LogP contribution in [0, 0.1) is 12.3 Å². The molecule has 2 unspecified atom stereocenters. The first-order valence-corrected chi connectivity index (χ1v) is 8.04. The minimum atomic E-state index is -0.961. The zero-order valence-corrected chi connectivity index (χ0v) is 14.2. The van der Waals surface area contributed by atoms with Crippen molar-refractivity contribution in [1.29, 1.82) is 0 Å². The van der Waals surface area contributed by atoms with Crippen molar-refractivity contribution in [2.45, 2.75) is 51.7 Å². The van der Waals surface area contributed by atoms with Gasteiger partial charge in [-0.25, -0.2) is 4.79 Å². The fourth-order valence-electron chi connectivity index (χ4n) is 4.09. The zero-order valence-electron chi connectivity index (χ0n) is 14.2. The fourth-order valence-corrected chi connectivity index (χ4v) is 4.09. The number of methoxy groups -OCH3 is 1. The molecule has 1 fully saturated rings. The quantitative estimate of drug-likeness (QED) is 0.844. The Morgan fingerprint density at radius 2 is 1.96 bits per heavy atom. The molecule has 1 aromatic rings. The van der Waals surface area contributed by atoms with Gasteiger partial charge in [0.2, 0.25) is 0 Å². The van der Waals surface area contributed by atoms with Gasteiger partial charge >= 0.3 is 5.97 Å². The van der Waals surface area contributed by atoms with Crippen molar-refractivity contribution in [3.05, 3.63) is 41.2 Å². The Hall–Kier alpha value is -1.81. The van der Waals surface area contributed by atoms with Gasteiger partial charge in [0.05, 0.1) is 6.10 Å². The smallest absolute Gasteiger partial charge is 0.343 e. The summed E-state index contributed by atoms with van der Waals surface area (Å²) in [5.41, 5.74) is 0.951. The number of carbonyl (C=O) groups excluding carboxylic acids is 1. The molecule has 124 valence electrons. The van der Waals surface area contributed by atoms with E-state index in [-0.39, 0.29) is 17.3 Å². The molecular formula is C19H24O4. The standard InChI is InChI=1S/C19H24O4/c1-12-7-5-6-8-14(12)15-16(20)19(23-17(15)21)10-13(22-4)9-18(2,3)11-19/h5-8,13,20H,9-11H2,1-4H3. The van der Waals surface area contributed by atoms with Crippen molar-refractivity contribution in [2.75, 3.05) is 7.11 Å². The van der Waals surface area contributed by atoms with Gasteiger partial charge in [0.25, 0.3) is 0 Å². The molecule has 0 radical (unpaired) electrons. The molecule has 1 aliphatic heterocycles. The highest BCUT2D eigenvalue weighted by atomic mass is 16.6. The van der Waals surface area contributed by atoms with Gasteiger partial charge in [0.15, 0.2) is 11.4 Å². The molecule has 0 bridgehead atoms. The Balaban J connectivity index is 2.09. The van der Waals surface area contributed by atoms with E-state index in [1.807, 2.05) is 31.2 Å². The van der Waals surface area contributed by atoms with E-state index >= 15 is 0 Å². The van der Waals surface area contributed by atoms with Crippen LogP contribution in [0.3, 0.4) is 0 Å². The molecule has 0 saturated heterocycles. The van der Waals surface area contributed by atoms with E-state index in [2.05, 4.69) is 13.8 Å². The van der Waals surface area contributed by atoms with Crippen LogP contribution in [-0.2, 0) is 14.3 Å². The molecule has 1 aliphatic carbocycles. The summed E-state index contributed by atoms with van der Waals surface area (Å²) in [4.78, 5) is 12.5. The number of ether oxygens (including phenoxy) is 2. The van der Waals surface area contributed by atoms with Crippen molar-refractivity contribution < 1.29 is 19.4 Å². The molecular weight excluding hydrogens is 292 g/mol. The maximum atomic E-state index is 12.5. The van der Waals surface area contributed by atoms with Crippen molar-refractivity contribution in [3.63, 3.8) is 0 Å². The van der Waals surface area contributed by atoms with Gasteiger partial charge < -0.3 is 14.6 Å². The molecule has 0 amide bonds. The highest BCUT2D eigenvalue weighted by Crippen LogP contribution is 2.51. The zero-order chi connectivity index (χ0) is 16.8. The largest absolute Gasteiger partial charge is 0.507 e. The molecule has 1 heterocycles. The molecule has 23 heavy (non-hydrogen) atoms. The first kappa shape index (κ1) is 16.1.